The van der Waals surface area contributed by atoms with Gasteiger partial charge in [0, 0.05) is 30.7 Å². The second-order valence-electron chi connectivity index (χ2n) is 5.51. The van der Waals surface area contributed by atoms with E-state index in [0.29, 0.717) is 6.04 Å². The Labute approximate surface area is 128 Å². The minimum atomic E-state index is 0.635. The van der Waals surface area contributed by atoms with E-state index in [4.69, 9.17) is 4.74 Å². The van der Waals surface area contributed by atoms with Crippen molar-refractivity contribution in [3.8, 4) is 5.75 Å². The summed E-state index contributed by atoms with van der Waals surface area (Å²) in [5.41, 5.74) is 1.26. The third-order valence-electron chi connectivity index (χ3n) is 4.01. The summed E-state index contributed by atoms with van der Waals surface area (Å²) < 4.78 is 8.14. The summed E-state index contributed by atoms with van der Waals surface area (Å²) in [4.78, 5) is 0. The number of hydrogen-bond acceptors (Lipinski definition) is 2. The molecule has 2 aromatic rings. The lowest BCUT2D eigenvalue weighted by Gasteiger charge is -2.15. The molecule has 0 saturated heterocycles. The van der Waals surface area contributed by atoms with Crippen LogP contribution in [0.2, 0.25) is 0 Å². The number of aromatic nitrogens is 1. The van der Waals surface area contributed by atoms with Crippen molar-refractivity contribution in [3.63, 3.8) is 0 Å². The van der Waals surface area contributed by atoms with Crippen LogP contribution in [-0.4, -0.2) is 23.8 Å². The van der Waals surface area contributed by atoms with Crippen LogP contribution in [0.1, 0.15) is 40.0 Å². The third-order valence-corrected chi connectivity index (χ3v) is 4.01. The van der Waals surface area contributed by atoms with Crippen LogP contribution in [0.5, 0.6) is 5.75 Å². The van der Waals surface area contributed by atoms with Crippen molar-refractivity contribution in [3.05, 3.63) is 30.5 Å². The first-order chi connectivity index (χ1) is 10.3. The highest BCUT2D eigenvalue weighted by Gasteiger charge is 2.07. The average molecular weight is 288 g/mol. The number of nitrogens with zero attached hydrogens (tertiary/aromatic N) is 1. The SMILES string of the molecule is CCCOc1cccc2c1ccn2CCNC(CC)CC. The normalized spacial score (nSPS) is 11.4. The maximum absolute atomic E-state index is 5.83. The lowest BCUT2D eigenvalue weighted by Crippen LogP contribution is -2.30. The van der Waals surface area contributed by atoms with Crippen LogP contribution in [0, 0.1) is 0 Å². The highest BCUT2D eigenvalue weighted by molar-refractivity contribution is 5.86. The summed E-state index contributed by atoms with van der Waals surface area (Å²) >= 11 is 0. The molecule has 116 valence electrons. The van der Waals surface area contributed by atoms with Crippen molar-refractivity contribution >= 4 is 10.9 Å². The molecule has 0 aliphatic carbocycles. The predicted octanol–water partition coefficient (Wildman–Crippen LogP) is 4.21. The van der Waals surface area contributed by atoms with Crippen LogP contribution in [0.25, 0.3) is 10.9 Å². The van der Waals surface area contributed by atoms with Gasteiger partial charge in [0.2, 0.25) is 0 Å². The molecule has 1 N–H and O–H groups in total. The lowest BCUT2D eigenvalue weighted by atomic mass is 10.2. The quantitative estimate of drug-likeness (QED) is 0.748. The maximum Gasteiger partial charge on any atom is 0.128 e. The second-order valence-corrected chi connectivity index (χ2v) is 5.51. The van der Waals surface area contributed by atoms with Crippen molar-refractivity contribution in [2.45, 2.75) is 52.6 Å². The van der Waals surface area contributed by atoms with Crippen LogP contribution in [-0.2, 0) is 6.54 Å². The molecule has 0 aliphatic heterocycles. The minimum absolute atomic E-state index is 0.635. The standard InChI is InChI=1S/C18H28N2O/c1-4-14-21-18-9-7-8-17-16(18)10-12-20(17)13-11-19-15(5-2)6-3/h7-10,12,15,19H,4-6,11,13-14H2,1-3H3. The van der Waals surface area contributed by atoms with E-state index >= 15 is 0 Å². The minimum Gasteiger partial charge on any atom is -0.493 e. The Kier molecular flexibility index (Phi) is 6.12. The summed E-state index contributed by atoms with van der Waals surface area (Å²) in [6, 6.07) is 9.11. The summed E-state index contributed by atoms with van der Waals surface area (Å²) in [5, 5.41) is 4.84. The van der Waals surface area contributed by atoms with E-state index in [1.165, 1.54) is 23.7 Å². The Bertz CT molecular complexity index is 543. The number of fused-ring (bicyclic) bond motifs is 1. The Hall–Kier alpha value is -1.48. The largest absolute Gasteiger partial charge is 0.493 e. The molecule has 0 bridgehead atoms. The zero-order valence-corrected chi connectivity index (χ0v) is 13.6. The molecular weight excluding hydrogens is 260 g/mol. The molecule has 3 nitrogen and oxygen atoms in total. The number of ether oxygens (including phenoxy) is 1. The summed E-state index contributed by atoms with van der Waals surface area (Å²) in [5.74, 6) is 1.00. The van der Waals surface area contributed by atoms with E-state index < -0.39 is 0 Å². The zero-order valence-electron chi connectivity index (χ0n) is 13.6. The number of rotatable bonds is 9. The van der Waals surface area contributed by atoms with E-state index in [-0.39, 0.29) is 0 Å². The van der Waals surface area contributed by atoms with Gasteiger partial charge >= 0.3 is 0 Å². The van der Waals surface area contributed by atoms with E-state index in [9.17, 15) is 0 Å². The van der Waals surface area contributed by atoms with Crippen molar-refractivity contribution in [1.82, 2.24) is 9.88 Å². The smallest absolute Gasteiger partial charge is 0.128 e. The molecular formula is C18H28N2O. The molecule has 0 unspecified atom stereocenters. The lowest BCUT2D eigenvalue weighted by molar-refractivity contribution is 0.321. The van der Waals surface area contributed by atoms with Gasteiger partial charge in [0.25, 0.3) is 0 Å². The highest BCUT2D eigenvalue weighted by Crippen LogP contribution is 2.26. The van der Waals surface area contributed by atoms with Crippen LogP contribution in [0.4, 0.5) is 0 Å². The highest BCUT2D eigenvalue weighted by atomic mass is 16.5. The van der Waals surface area contributed by atoms with Crippen molar-refractivity contribution in [1.29, 1.82) is 0 Å². The Morgan fingerprint density at radius 2 is 1.95 bits per heavy atom. The topological polar surface area (TPSA) is 26.2 Å². The molecule has 0 saturated carbocycles. The molecule has 1 aromatic carbocycles. The molecule has 3 heteroatoms. The van der Waals surface area contributed by atoms with E-state index in [1.54, 1.807) is 0 Å². The zero-order chi connectivity index (χ0) is 15.1. The van der Waals surface area contributed by atoms with Gasteiger partial charge in [-0.05, 0) is 37.5 Å². The van der Waals surface area contributed by atoms with Gasteiger partial charge in [-0.1, -0.05) is 26.8 Å². The Morgan fingerprint density at radius 1 is 1.14 bits per heavy atom. The molecule has 0 aliphatic rings. The number of hydrogen-bond donors (Lipinski definition) is 1. The van der Waals surface area contributed by atoms with Crippen molar-refractivity contribution in [2.24, 2.45) is 0 Å². The molecule has 0 amide bonds. The fraction of sp³-hybridized carbons (Fsp3) is 0.556. The van der Waals surface area contributed by atoms with Crippen LogP contribution in [0.15, 0.2) is 30.5 Å². The van der Waals surface area contributed by atoms with Crippen LogP contribution >= 0.6 is 0 Å². The van der Waals surface area contributed by atoms with E-state index in [0.717, 1.165) is 31.9 Å². The molecule has 2 rings (SSSR count). The van der Waals surface area contributed by atoms with Gasteiger partial charge in [0.1, 0.15) is 5.75 Å². The van der Waals surface area contributed by atoms with Gasteiger partial charge in [-0.15, -0.1) is 0 Å². The van der Waals surface area contributed by atoms with E-state index in [2.05, 4.69) is 61.1 Å². The summed E-state index contributed by atoms with van der Waals surface area (Å²) in [6.45, 7) is 9.40. The van der Waals surface area contributed by atoms with Crippen LogP contribution < -0.4 is 10.1 Å². The van der Waals surface area contributed by atoms with Gasteiger partial charge in [0.15, 0.2) is 0 Å². The molecule has 0 spiro atoms. The first-order valence-corrected chi connectivity index (χ1v) is 8.24. The fourth-order valence-electron chi connectivity index (χ4n) is 2.69. The Balaban J connectivity index is 2.04. The maximum atomic E-state index is 5.83. The summed E-state index contributed by atoms with van der Waals surface area (Å²) in [6.07, 6.45) is 5.59. The van der Waals surface area contributed by atoms with Gasteiger partial charge in [-0.25, -0.2) is 0 Å². The molecule has 1 heterocycles. The molecule has 0 radical (unpaired) electrons. The van der Waals surface area contributed by atoms with Gasteiger partial charge in [0.05, 0.1) is 12.1 Å². The second kappa shape index (κ2) is 8.08. The predicted molar refractivity (Wildman–Crippen MR) is 90.1 cm³/mol. The molecule has 1 aromatic heterocycles. The monoisotopic (exact) mass is 288 g/mol. The Morgan fingerprint density at radius 3 is 2.67 bits per heavy atom. The molecule has 0 fully saturated rings. The first-order valence-electron chi connectivity index (χ1n) is 8.24. The van der Waals surface area contributed by atoms with Crippen molar-refractivity contribution in [2.75, 3.05) is 13.2 Å². The fourth-order valence-corrected chi connectivity index (χ4v) is 2.69. The number of nitrogens with one attached hydrogen (secondary N) is 1. The van der Waals surface area contributed by atoms with E-state index in [1.807, 2.05) is 0 Å². The van der Waals surface area contributed by atoms with Crippen LogP contribution in [0.3, 0.4) is 0 Å². The first kappa shape index (κ1) is 15.9. The number of benzene rings is 1. The van der Waals surface area contributed by atoms with Gasteiger partial charge in [-0.2, -0.15) is 0 Å². The van der Waals surface area contributed by atoms with Crippen molar-refractivity contribution < 1.29 is 4.74 Å². The average Bonchev–Trinajstić information content (AvgIpc) is 2.93. The summed E-state index contributed by atoms with van der Waals surface area (Å²) in [7, 11) is 0. The van der Waals surface area contributed by atoms with Gasteiger partial charge < -0.3 is 14.6 Å². The third kappa shape index (κ3) is 4.01. The molecule has 0 atom stereocenters. The molecule has 21 heavy (non-hydrogen) atoms. The van der Waals surface area contributed by atoms with Gasteiger partial charge in [-0.3, -0.25) is 0 Å².